The summed E-state index contributed by atoms with van der Waals surface area (Å²) in [5.41, 5.74) is 2.63. The molecule has 0 saturated heterocycles. The number of imidazole rings is 1. The van der Waals surface area contributed by atoms with Crippen molar-refractivity contribution in [2.75, 3.05) is 6.54 Å². The number of hydrogen-bond donors (Lipinski definition) is 1. The Balaban J connectivity index is 1.82. The van der Waals surface area contributed by atoms with E-state index in [2.05, 4.69) is 27.1 Å². The molecule has 3 rings (SSSR count). The van der Waals surface area contributed by atoms with Crippen LogP contribution in [0.15, 0.2) is 12.4 Å². The Hall–Kier alpha value is -1.69. The highest BCUT2D eigenvalue weighted by atomic mass is 15.4. The Labute approximate surface area is 112 Å². The van der Waals surface area contributed by atoms with Gasteiger partial charge in [0.2, 0.25) is 0 Å². The third-order valence-corrected chi connectivity index (χ3v) is 3.56. The fraction of sp³-hybridized carbons (Fsp3) is 0.615. The van der Waals surface area contributed by atoms with E-state index >= 15 is 0 Å². The van der Waals surface area contributed by atoms with E-state index in [4.69, 9.17) is 4.98 Å². The molecule has 1 aliphatic rings. The van der Waals surface area contributed by atoms with E-state index in [0.29, 0.717) is 0 Å². The van der Waals surface area contributed by atoms with E-state index in [1.165, 1.54) is 17.2 Å². The molecular formula is C13H20N6. The van der Waals surface area contributed by atoms with Crippen LogP contribution < -0.4 is 5.32 Å². The molecule has 0 saturated carbocycles. The molecule has 1 N–H and O–H groups in total. The minimum atomic E-state index is 0.854. The van der Waals surface area contributed by atoms with Gasteiger partial charge in [-0.15, -0.1) is 5.10 Å². The number of nitrogens with zero attached hydrogens (tertiary/aromatic N) is 5. The van der Waals surface area contributed by atoms with E-state index in [-0.39, 0.29) is 0 Å². The summed E-state index contributed by atoms with van der Waals surface area (Å²) < 4.78 is 4.27. The van der Waals surface area contributed by atoms with Crippen molar-refractivity contribution in [3.05, 3.63) is 29.6 Å². The van der Waals surface area contributed by atoms with Gasteiger partial charge in [0.15, 0.2) is 0 Å². The quantitative estimate of drug-likeness (QED) is 0.862. The van der Waals surface area contributed by atoms with Crippen LogP contribution in [-0.4, -0.2) is 31.1 Å². The average molecular weight is 260 g/mol. The van der Waals surface area contributed by atoms with Crippen LogP contribution in [0.3, 0.4) is 0 Å². The van der Waals surface area contributed by atoms with Crippen molar-refractivity contribution < 1.29 is 0 Å². The normalized spacial score (nSPS) is 14.6. The maximum atomic E-state index is 4.80. The summed E-state index contributed by atoms with van der Waals surface area (Å²) in [5.74, 6) is 1.22. The zero-order valence-electron chi connectivity index (χ0n) is 11.3. The van der Waals surface area contributed by atoms with E-state index < -0.39 is 0 Å². The van der Waals surface area contributed by atoms with Gasteiger partial charge >= 0.3 is 0 Å². The van der Waals surface area contributed by atoms with Crippen LogP contribution in [0.1, 0.15) is 30.6 Å². The second kappa shape index (κ2) is 5.52. The molecule has 0 spiro atoms. The number of rotatable bonds is 5. The topological polar surface area (TPSA) is 60.6 Å². The highest BCUT2D eigenvalue weighted by Crippen LogP contribution is 2.17. The van der Waals surface area contributed by atoms with Crippen molar-refractivity contribution in [2.24, 2.45) is 0 Å². The lowest BCUT2D eigenvalue weighted by molar-refractivity contribution is 0.489. The minimum Gasteiger partial charge on any atom is -0.330 e. The van der Waals surface area contributed by atoms with E-state index in [9.17, 15) is 0 Å². The van der Waals surface area contributed by atoms with Crippen molar-refractivity contribution in [3.63, 3.8) is 0 Å². The van der Waals surface area contributed by atoms with Crippen molar-refractivity contribution in [2.45, 2.75) is 45.8 Å². The molecule has 0 bridgehead atoms. The smallest absolute Gasteiger partial charge is 0.109 e. The van der Waals surface area contributed by atoms with Gasteiger partial charge < -0.3 is 9.88 Å². The Morgan fingerprint density at radius 1 is 1.37 bits per heavy atom. The Kier molecular flexibility index (Phi) is 3.59. The van der Waals surface area contributed by atoms with E-state index in [1.807, 2.05) is 10.9 Å². The zero-order chi connectivity index (χ0) is 13.1. The average Bonchev–Trinajstić information content (AvgIpc) is 3.04. The van der Waals surface area contributed by atoms with Crippen LogP contribution in [0, 0.1) is 0 Å². The molecule has 0 aliphatic carbocycles. The van der Waals surface area contributed by atoms with Crippen LogP contribution in [0.2, 0.25) is 0 Å². The maximum absolute atomic E-state index is 4.80. The summed E-state index contributed by atoms with van der Waals surface area (Å²) in [7, 11) is 0. The second-order valence-corrected chi connectivity index (χ2v) is 4.92. The number of aryl methyl sites for hydroxylation is 2. The van der Waals surface area contributed by atoms with Gasteiger partial charge in [-0.3, -0.25) is 4.68 Å². The van der Waals surface area contributed by atoms with Gasteiger partial charge in [-0.2, -0.15) is 0 Å². The van der Waals surface area contributed by atoms with Gasteiger partial charge in [-0.25, -0.2) is 4.98 Å². The largest absolute Gasteiger partial charge is 0.330 e. The van der Waals surface area contributed by atoms with Crippen molar-refractivity contribution >= 4 is 0 Å². The maximum Gasteiger partial charge on any atom is 0.109 e. The van der Waals surface area contributed by atoms with Crippen molar-refractivity contribution in [3.8, 4) is 0 Å². The van der Waals surface area contributed by atoms with Crippen LogP contribution in [0.25, 0.3) is 0 Å². The van der Waals surface area contributed by atoms with Gasteiger partial charge in [-0.1, -0.05) is 12.1 Å². The van der Waals surface area contributed by atoms with Gasteiger partial charge in [0.1, 0.15) is 5.82 Å². The molecule has 0 atom stereocenters. The predicted molar refractivity (Wildman–Crippen MR) is 71.7 cm³/mol. The molecule has 0 unspecified atom stereocenters. The molecule has 19 heavy (non-hydrogen) atoms. The highest BCUT2D eigenvalue weighted by molar-refractivity contribution is 5.20. The zero-order valence-corrected chi connectivity index (χ0v) is 11.3. The van der Waals surface area contributed by atoms with Crippen molar-refractivity contribution in [1.29, 1.82) is 0 Å². The third-order valence-electron chi connectivity index (χ3n) is 3.56. The first-order chi connectivity index (χ1) is 9.38. The molecule has 102 valence electrons. The molecule has 6 heteroatoms. The molecule has 0 fully saturated rings. The lowest BCUT2D eigenvalue weighted by Crippen LogP contribution is -2.25. The minimum absolute atomic E-state index is 0.854. The monoisotopic (exact) mass is 260 g/mol. The first kappa shape index (κ1) is 12.3. The van der Waals surface area contributed by atoms with Crippen LogP contribution in [0.5, 0.6) is 0 Å². The van der Waals surface area contributed by atoms with Crippen molar-refractivity contribution in [1.82, 2.24) is 29.9 Å². The summed E-state index contributed by atoms with van der Waals surface area (Å²) in [6.45, 7) is 5.94. The fourth-order valence-electron chi connectivity index (χ4n) is 2.66. The molecule has 0 aromatic carbocycles. The standard InChI is InChI=1S/C13H20N6/c1-2-3-13-16-11-10-14-5-4-12(11)19(13)9-8-18-7-6-15-17-18/h6-7,14H,2-5,8-10H2,1H3. The Morgan fingerprint density at radius 3 is 3.11 bits per heavy atom. The number of fused-ring (bicyclic) bond motifs is 1. The van der Waals surface area contributed by atoms with Crippen LogP contribution in [-0.2, 0) is 32.5 Å². The lowest BCUT2D eigenvalue weighted by atomic mass is 10.2. The molecule has 1 aliphatic heterocycles. The fourth-order valence-corrected chi connectivity index (χ4v) is 2.66. The summed E-state index contributed by atoms with van der Waals surface area (Å²) >= 11 is 0. The SMILES string of the molecule is CCCc1nc2c(n1CCn1ccnn1)CCNC2. The van der Waals surface area contributed by atoms with E-state index in [0.717, 1.165) is 45.4 Å². The molecule has 6 nitrogen and oxygen atoms in total. The summed E-state index contributed by atoms with van der Waals surface area (Å²) in [6, 6.07) is 0. The van der Waals surface area contributed by atoms with Crippen LogP contribution in [0.4, 0.5) is 0 Å². The predicted octanol–water partition coefficient (Wildman–Crippen LogP) is 0.773. The third kappa shape index (κ3) is 2.53. The Bertz CT molecular complexity index is 528. The second-order valence-electron chi connectivity index (χ2n) is 4.92. The number of nitrogens with one attached hydrogen (secondary N) is 1. The molecular weight excluding hydrogens is 240 g/mol. The molecule has 2 aromatic heterocycles. The number of aromatic nitrogens is 5. The summed E-state index contributed by atoms with van der Waals surface area (Å²) in [5, 5.41) is 11.3. The first-order valence-corrected chi connectivity index (χ1v) is 7.00. The molecule has 3 heterocycles. The van der Waals surface area contributed by atoms with Gasteiger partial charge in [0.25, 0.3) is 0 Å². The molecule has 0 radical (unpaired) electrons. The van der Waals surface area contributed by atoms with E-state index in [1.54, 1.807) is 6.20 Å². The van der Waals surface area contributed by atoms with Gasteiger partial charge in [0.05, 0.1) is 18.4 Å². The van der Waals surface area contributed by atoms with Crippen LogP contribution >= 0.6 is 0 Å². The van der Waals surface area contributed by atoms with Gasteiger partial charge in [-0.05, 0) is 6.42 Å². The number of hydrogen-bond acceptors (Lipinski definition) is 4. The summed E-state index contributed by atoms with van der Waals surface area (Å²) in [4.78, 5) is 4.80. The first-order valence-electron chi connectivity index (χ1n) is 7.00. The van der Waals surface area contributed by atoms with Gasteiger partial charge in [0, 0.05) is 44.4 Å². The molecule has 0 amide bonds. The Morgan fingerprint density at radius 2 is 2.32 bits per heavy atom. The highest BCUT2D eigenvalue weighted by Gasteiger charge is 2.18. The molecule has 2 aromatic rings. The summed E-state index contributed by atoms with van der Waals surface area (Å²) in [6.07, 6.45) is 6.88. The lowest BCUT2D eigenvalue weighted by Gasteiger charge is -2.16.